The third kappa shape index (κ3) is 3.29. The highest BCUT2D eigenvalue weighted by Crippen LogP contribution is 2.31. The topological polar surface area (TPSA) is 24.9 Å². The van der Waals surface area contributed by atoms with Crippen molar-refractivity contribution in [3.8, 4) is 0 Å². The molecule has 1 aromatic heterocycles. The summed E-state index contributed by atoms with van der Waals surface area (Å²) in [6.07, 6.45) is -3.20. The van der Waals surface area contributed by atoms with Crippen LogP contribution in [0.3, 0.4) is 0 Å². The Hall–Kier alpha value is -1.95. The number of aromatic nitrogens is 1. The Morgan fingerprint density at radius 2 is 1.74 bits per heavy atom. The zero-order chi connectivity index (χ0) is 13.9. The van der Waals surface area contributed by atoms with E-state index in [1.165, 1.54) is 12.3 Å². The molecule has 1 aromatic carbocycles. The molecule has 2 nitrogen and oxygen atoms in total. The normalized spacial score (nSPS) is 11.1. The lowest BCUT2D eigenvalue weighted by Gasteiger charge is -2.13. The fourth-order valence-electron chi connectivity index (χ4n) is 1.53. The van der Waals surface area contributed by atoms with Crippen molar-refractivity contribution in [2.75, 3.05) is 5.32 Å². The zero-order valence-electron chi connectivity index (χ0n) is 9.61. The molecule has 98 valence electrons. The van der Waals surface area contributed by atoms with Gasteiger partial charge < -0.3 is 5.32 Å². The smallest absolute Gasteiger partial charge is 0.345 e. The lowest BCUT2D eigenvalue weighted by Crippen LogP contribution is -2.19. The largest absolute Gasteiger partial charge is 0.418 e. The van der Waals surface area contributed by atoms with Crippen LogP contribution in [-0.2, 0) is 6.18 Å². The van der Waals surface area contributed by atoms with Gasteiger partial charge in [-0.3, -0.25) is 4.98 Å². The number of rotatable bonds is 2. The summed E-state index contributed by atoms with van der Waals surface area (Å²) in [5, 5.41) is 2.74. The third-order valence-electron chi connectivity index (χ3n) is 2.36. The van der Waals surface area contributed by atoms with Crippen molar-refractivity contribution in [3.05, 3.63) is 59.9 Å². The summed E-state index contributed by atoms with van der Waals surface area (Å²) in [6.45, 7) is 0. The molecule has 0 spiro atoms. The van der Waals surface area contributed by atoms with Crippen LogP contribution in [0, 0.1) is 0 Å². The predicted molar refractivity (Wildman–Crippen MR) is 71.0 cm³/mol. The second-order valence-corrected chi connectivity index (χ2v) is 4.13. The summed E-state index contributed by atoms with van der Waals surface area (Å²) in [5.74, 6) is 0. The maximum Gasteiger partial charge on any atom is 0.418 e. The number of hydrogen-bond donors (Lipinski definition) is 1. The average Bonchev–Trinajstić information content (AvgIpc) is 2.39. The van der Waals surface area contributed by atoms with Crippen LogP contribution in [0.1, 0.15) is 11.3 Å². The van der Waals surface area contributed by atoms with Gasteiger partial charge in [0.1, 0.15) is 10.7 Å². The van der Waals surface area contributed by atoms with E-state index in [1.54, 1.807) is 30.3 Å². The lowest BCUT2D eigenvalue weighted by molar-refractivity contribution is -0.137. The molecule has 0 fully saturated rings. The first-order valence-corrected chi connectivity index (χ1v) is 5.78. The summed E-state index contributed by atoms with van der Waals surface area (Å²) in [6, 6.07) is 10.9. The molecule has 0 bridgehead atoms. The van der Waals surface area contributed by atoms with Crippen LogP contribution in [0.15, 0.2) is 48.7 Å². The summed E-state index contributed by atoms with van der Waals surface area (Å²) in [4.78, 5) is 3.66. The quantitative estimate of drug-likeness (QED) is 0.846. The molecule has 1 heterocycles. The van der Waals surface area contributed by atoms with Crippen molar-refractivity contribution >= 4 is 22.9 Å². The molecule has 0 aliphatic heterocycles. The van der Waals surface area contributed by atoms with Gasteiger partial charge in [-0.15, -0.1) is 0 Å². The SMILES string of the molecule is FC(F)(F)c1cccnc1C(=S)Nc1ccccc1. The predicted octanol–water partition coefficient (Wildman–Crippen LogP) is 3.89. The van der Waals surface area contributed by atoms with E-state index >= 15 is 0 Å². The Labute approximate surface area is 113 Å². The van der Waals surface area contributed by atoms with Crippen LogP contribution in [0.2, 0.25) is 0 Å². The van der Waals surface area contributed by atoms with E-state index in [0.717, 1.165) is 6.07 Å². The Kier molecular flexibility index (Phi) is 3.80. The Balaban J connectivity index is 2.30. The Morgan fingerprint density at radius 1 is 1.05 bits per heavy atom. The number of pyridine rings is 1. The molecule has 2 aromatic rings. The van der Waals surface area contributed by atoms with Crippen LogP contribution in [-0.4, -0.2) is 9.97 Å². The van der Waals surface area contributed by atoms with E-state index in [0.29, 0.717) is 5.69 Å². The molecule has 0 aliphatic rings. The molecule has 0 saturated carbocycles. The molecular weight excluding hydrogens is 273 g/mol. The minimum atomic E-state index is -4.48. The number of hydrogen-bond acceptors (Lipinski definition) is 2. The number of nitrogens with zero attached hydrogens (tertiary/aromatic N) is 1. The Bertz CT molecular complexity index is 582. The van der Waals surface area contributed by atoms with Gasteiger partial charge in [0.05, 0.1) is 5.56 Å². The highest BCUT2D eigenvalue weighted by molar-refractivity contribution is 7.81. The first-order valence-electron chi connectivity index (χ1n) is 5.37. The van der Waals surface area contributed by atoms with Gasteiger partial charge in [-0.1, -0.05) is 30.4 Å². The second kappa shape index (κ2) is 5.36. The standard InChI is InChI=1S/C13H9F3N2S/c14-13(15,16)10-7-4-8-17-11(10)12(19)18-9-5-2-1-3-6-9/h1-8H,(H,18,19). The molecule has 0 aliphatic carbocycles. The average molecular weight is 282 g/mol. The van der Waals surface area contributed by atoms with Crippen LogP contribution in [0.25, 0.3) is 0 Å². The number of anilines is 1. The third-order valence-corrected chi connectivity index (χ3v) is 2.66. The van der Waals surface area contributed by atoms with Crippen molar-refractivity contribution in [1.82, 2.24) is 4.98 Å². The van der Waals surface area contributed by atoms with Crippen LogP contribution < -0.4 is 5.32 Å². The molecule has 6 heteroatoms. The molecule has 0 amide bonds. The van der Waals surface area contributed by atoms with Crippen LogP contribution in [0.4, 0.5) is 18.9 Å². The monoisotopic (exact) mass is 282 g/mol. The molecule has 19 heavy (non-hydrogen) atoms. The summed E-state index contributed by atoms with van der Waals surface area (Å²) in [7, 11) is 0. The van der Waals surface area contributed by atoms with Crippen molar-refractivity contribution in [1.29, 1.82) is 0 Å². The minimum Gasteiger partial charge on any atom is -0.345 e. The fraction of sp³-hybridized carbons (Fsp3) is 0.0769. The van der Waals surface area contributed by atoms with Gasteiger partial charge in [-0.2, -0.15) is 13.2 Å². The van der Waals surface area contributed by atoms with E-state index in [1.807, 2.05) is 0 Å². The maximum absolute atomic E-state index is 12.8. The number of benzene rings is 1. The van der Waals surface area contributed by atoms with Crippen molar-refractivity contribution in [3.63, 3.8) is 0 Å². The maximum atomic E-state index is 12.8. The summed E-state index contributed by atoms with van der Waals surface area (Å²) in [5.41, 5.74) is -0.497. The van der Waals surface area contributed by atoms with Gasteiger partial charge in [0, 0.05) is 11.9 Å². The van der Waals surface area contributed by atoms with Gasteiger partial charge in [-0.05, 0) is 24.3 Å². The number of halogens is 3. The van der Waals surface area contributed by atoms with Crippen molar-refractivity contribution in [2.24, 2.45) is 0 Å². The summed E-state index contributed by atoms with van der Waals surface area (Å²) < 4.78 is 38.5. The molecule has 0 atom stereocenters. The molecule has 0 unspecified atom stereocenters. The van der Waals surface area contributed by atoms with E-state index in [2.05, 4.69) is 10.3 Å². The van der Waals surface area contributed by atoms with Gasteiger partial charge in [0.2, 0.25) is 0 Å². The molecule has 1 N–H and O–H groups in total. The Morgan fingerprint density at radius 3 is 2.37 bits per heavy atom. The van der Waals surface area contributed by atoms with Crippen LogP contribution in [0.5, 0.6) is 0 Å². The number of para-hydroxylation sites is 1. The molecule has 0 radical (unpaired) electrons. The van der Waals surface area contributed by atoms with Crippen molar-refractivity contribution in [2.45, 2.75) is 6.18 Å². The minimum absolute atomic E-state index is 0.0564. The van der Waals surface area contributed by atoms with Gasteiger partial charge in [-0.25, -0.2) is 0 Å². The number of thiocarbonyl (C=S) groups is 1. The first-order chi connectivity index (χ1) is 8.98. The highest BCUT2D eigenvalue weighted by atomic mass is 32.1. The first kappa shape index (κ1) is 13.5. The molecule has 0 saturated heterocycles. The zero-order valence-corrected chi connectivity index (χ0v) is 10.4. The van der Waals surface area contributed by atoms with E-state index in [9.17, 15) is 13.2 Å². The molecular formula is C13H9F3N2S. The van der Waals surface area contributed by atoms with Crippen molar-refractivity contribution < 1.29 is 13.2 Å². The van der Waals surface area contributed by atoms with E-state index in [-0.39, 0.29) is 10.7 Å². The van der Waals surface area contributed by atoms with Gasteiger partial charge in [0.25, 0.3) is 0 Å². The highest BCUT2D eigenvalue weighted by Gasteiger charge is 2.34. The van der Waals surface area contributed by atoms with Gasteiger partial charge >= 0.3 is 6.18 Å². The van der Waals surface area contributed by atoms with E-state index < -0.39 is 11.7 Å². The lowest BCUT2D eigenvalue weighted by atomic mass is 10.2. The van der Waals surface area contributed by atoms with Crippen LogP contribution >= 0.6 is 12.2 Å². The number of nitrogens with one attached hydrogen (secondary N) is 1. The molecule has 2 rings (SSSR count). The second-order valence-electron chi connectivity index (χ2n) is 3.72. The summed E-state index contributed by atoms with van der Waals surface area (Å²) >= 11 is 4.99. The number of alkyl halides is 3. The fourth-order valence-corrected chi connectivity index (χ4v) is 1.81. The van der Waals surface area contributed by atoms with E-state index in [4.69, 9.17) is 12.2 Å². The van der Waals surface area contributed by atoms with Gasteiger partial charge in [0.15, 0.2) is 0 Å².